The second-order valence-electron chi connectivity index (χ2n) is 7.12. The first-order chi connectivity index (χ1) is 16.0. The average Bonchev–Trinajstić information content (AvgIpc) is 3.40. The summed E-state index contributed by atoms with van der Waals surface area (Å²) in [4.78, 5) is 29.8. The highest BCUT2D eigenvalue weighted by atomic mass is 32.1. The number of methoxy groups -OCH3 is 1. The molecule has 0 saturated heterocycles. The lowest BCUT2D eigenvalue weighted by Gasteiger charge is -2.10. The van der Waals surface area contributed by atoms with E-state index in [1.165, 1.54) is 11.3 Å². The number of esters is 1. The molecule has 9 heteroatoms. The van der Waals surface area contributed by atoms with Gasteiger partial charge in [-0.1, -0.05) is 12.1 Å². The van der Waals surface area contributed by atoms with Crippen LogP contribution in [0.3, 0.4) is 0 Å². The maximum atomic E-state index is 12.7. The maximum Gasteiger partial charge on any atom is 0.341 e. The van der Waals surface area contributed by atoms with Crippen LogP contribution in [0.2, 0.25) is 0 Å². The Kier molecular flexibility index (Phi) is 6.60. The number of amides is 1. The van der Waals surface area contributed by atoms with Gasteiger partial charge in [-0.15, -0.1) is 11.3 Å². The van der Waals surface area contributed by atoms with Gasteiger partial charge in [-0.3, -0.25) is 4.79 Å². The molecule has 0 fully saturated rings. The summed E-state index contributed by atoms with van der Waals surface area (Å²) in [7, 11) is 1.59. The third kappa shape index (κ3) is 4.83. The van der Waals surface area contributed by atoms with Crippen LogP contribution >= 0.6 is 11.3 Å². The lowest BCUT2D eigenvalue weighted by atomic mass is 10.0. The van der Waals surface area contributed by atoms with Crippen LogP contribution in [0.15, 0.2) is 54.2 Å². The van der Waals surface area contributed by atoms with Crippen molar-refractivity contribution in [3.63, 3.8) is 0 Å². The van der Waals surface area contributed by atoms with Gasteiger partial charge in [0.15, 0.2) is 18.0 Å². The summed E-state index contributed by atoms with van der Waals surface area (Å²) in [5.74, 6) is 0.309. The number of thiophene rings is 1. The Bertz CT molecular complexity index is 1290. The number of carbonyl (C=O) groups is 2. The topological polar surface area (TPSA) is 91.2 Å². The minimum absolute atomic E-state index is 0.223. The zero-order valence-electron chi connectivity index (χ0n) is 18.5. The fourth-order valence-electron chi connectivity index (χ4n) is 3.37. The van der Waals surface area contributed by atoms with E-state index >= 15 is 0 Å². The summed E-state index contributed by atoms with van der Waals surface area (Å²) in [5, 5.41) is 5.01. The average molecular weight is 466 g/mol. The Balaban J connectivity index is 1.54. The van der Waals surface area contributed by atoms with Crippen LogP contribution in [-0.4, -0.2) is 41.6 Å². The van der Waals surface area contributed by atoms with Crippen molar-refractivity contribution < 1.29 is 23.8 Å². The largest absolute Gasteiger partial charge is 0.497 e. The Morgan fingerprint density at radius 2 is 1.97 bits per heavy atom. The zero-order valence-corrected chi connectivity index (χ0v) is 19.3. The minimum atomic E-state index is -0.501. The normalized spacial score (nSPS) is 10.8. The molecule has 170 valence electrons. The molecule has 0 saturated carbocycles. The second kappa shape index (κ2) is 9.74. The summed E-state index contributed by atoms with van der Waals surface area (Å²) in [6, 6.07) is 10.9. The first-order valence-electron chi connectivity index (χ1n) is 10.3. The van der Waals surface area contributed by atoms with Gasteiger partial charge >= 0.3 is 5.97 Å². The molecule has 1 aromatic carbocycles. The maximum absolute atomic E-state index is 12.7. The predicted molar refractivity (Wildman–Crippen MR) is 126 cm³/mol. The third-order valence-corrected chi connectivity index (χ3v) is 5.75. The number of aryl methyl sites for hydroxylation is 1. The van der Waals surface area contributed by atoms with Gasteiger partial charge in [0.2, 0.25) is 0 Å². The van der Waals surface area contributed by atoms with Gasteiger partial charge in [0.05, 0.1) is 19.4 Å². The number of nitrogens with zero attached hydrogens (tertiary/aromatic N) is 2. The molecule has 0 aliphatic carbocycles. The first-order valence-corrected chi connectivity index (χ1v) is 11.2. The van der Waals surface area contributed by atoms with Gasteiger partial charge in [0.1, 0.15) is 16.3 Å². The number of ether oxygens (including phenoxy) is 3. The number of imidazole rings is 1. The summed E-state index contributed by atoms with van der Waals surface area (Å²) >= 11 is 1.25. The summed E-state index contributed by atoms with van der Waals surface area (Å²) in [5.41, 5.74) is 3.28. The molecule has 1 amide bonds. The molecular weight excluding hydrogens is 442 g/mol. The van der Waals surface area contributed by atoms with Crippen molar-refractivity contribution in [2.75, 3.05) is 25.6 Å². The quantitative estimate of drug-likeness (QED) is 0.383. The lowest BCUT2D eigenvalue weighted by Crippen LogP contribution is -2.21. The number of carbonyl (C=O) groups excluding carboxylic acids is 2. The Labute approximate surface area is 194 Å². The second-order valence-corrected chi connectivity index (χ2v) is 8.00. The highest BCUT2D eigenvalue weighted by molar-refractivity contribution is 7.15. The van der Waals surface area contributed by atoms with Crippen LogP contribution in [0.1, 0.15) is 23.0 Å². The van der Waals surface area contributed by atoms with Gasteiger partial charge in [-0.2, -0.15) is 0 Å². The molecule has 3 heterocycles. The number of hydrogen-bond acceptors (Lipinski definition) is 7. The van der Waals surface area contributed by atoms with Crippen LogP contribution in [-0.2, 0) is 9.53 Å². The van der Waals surface area contributed by atoms with Crippen molar-refractivity contribution in [1.29, 1.82) is 0 Å². The molecule has 0 bridgehead atoms. The van der Waals surface area contributed by atoms with E-state index in [2.05, 4.69) is 10.3 Å². The minimum Gasteiger partial charge on any atom is -0.497 e. The Morgan fingerprint density at radius 3 is 2.70 bits per heavy atom. The lowest BCUT2D eigenvalue weighted by molar-refractivity contribution is -0.118. The van der Waals surface area contributed by atoms with E-state index in [-0.39, 0.29) is 13.2 Å². The van der Waals surface area contributed by atoms with E-state index in [0.717, 1.165) is 11.3 Å². The van der Waals surface area contributed by atoms with Gasteiger partial charge in [0, 0.05) is 23.3 Å². The summed E-state index contributed by atoms with van der Waals surface area (Å²) < 4.78 is 18.0. The number of pyridine rings is 1. The molecule has 0 atom stereocenters. The standard InChI is InChI=1S/C24H23N3O5S/c1-4-31-24(29)21-18(16-7-9-17(30-3)10-8-16)14-33-23(21)26-20(28)13-32-19-6-5-11-27-12-15(2)25-22(19)27/h5-12,14H,4,13H2,1-3H3,(H,26,28). The molecule has 33 heavy (non-hydrogen) atoms. The van der Waals surface area contributed by atoms with Crippen molar-refractivity contribution >= 4 is 33.9 Å². The van der Waals surface area contributed by atoms with Gasteiger partial charge in [0.25, 0.3) is 5.91 Å². The third-order valence-electron chi connectivity index (χ3n) is 4.85. The van der Waals surface area contributed by atoms with E-state index in [1.807, 2.05) is 59.4 Å². The number of hydrogen-bond donors (Lipinski definition) is 1. The first kappa shape index (κ1) is 22.3. The van der Waals surface area contributed by atoms with Crippen molar-refractivity contribution in [2.24, 2.45) is 0 Å². The van der Waals surface area contributed by atoms with E-state index in [9.17, 15) is 9.59 Å². The molecule has 0 unspecified atom stereocenters. The monoisotopic (exact) mass is 465 g/mol. The number of rotatable bonds is 8. The summed E-state index contributed by atoms with van der Waals surface area (Å²) in [6.07, 6.45) is 3.74. The van der Waals surface area contributed by atoms with Crippen molar-refractivity contribution in [3.8, 4) is 22.6 Å². The predicted octanol–water partition coefficient (Wildman–Crippen LogP) is 4.57. The molecular formula is C24H23N3O5S. The highest BCUT2D eigenvalue weighted by Crippen LogP contribution is 2.37. The number of aromatic nitrogens is 2. The van der Waals surface area contributed by atoms with E-state index in [4.69, 9.17) is 14.2 Å². The smallest absolute Gasteiger partial charge is 0.341 e. The molecule has 0 aliphatic heterocycles. The fraction of sp³-hybridized carbons (Fsp3) is 0.208. The van der Waals surface area contributed by atoms with Crippen LogP contribution in [0, 0.1) is 6.92 Å². The van der Waals surface area contributed by atoms with E-state index in [0.29, 0.717) is 33.3 Å². The number of anilines is 1. The van der Waals surface area contributed by atoms with Crippen molar-refractivity contribution in [3.05, 3.63) is 65.4 Å². The molecule has 1 N–H and O–H groups in total. The number of fused-ring (bicyclic) bond motifs is 1. The molecule has 0 spiro atoms. The molecule has 3 aromatic heterocycles. The fourth-order valence-corrected chi connectivity index (χ4v) is 4.34. The highest BCUT2D eigenvalue weighted by Gasteiger charge is 2.23. The molecule has 8 nitrogen and oxygen atoms in total. The van der Waals surface area contributed by atoms with Crippen LogP contribution < -0.4 is 14.8 Å². The Morgan fingerprint density at radius 1 is 1.18 bits per heavy atom. The van der Waals surface area contributed by atoms with Crippen LogP contribution in [0.5, 0.6) is 11.5 Å². The molecule has 4 aromatic rings. The van der Waals surface area contributed by atoms with Gasteiger partial charge in [-0.05, 0) is 43.7 Å². The van der Waals surface area contributed by atoms with Crippen molar-refractivity contribution in [2.45, 2.75) is 13.8 Å². The molecule has 0 aliphatic rings. The van der Waals surface area contributed by atoms with Crippen molar-refractivity contribution in [1.82, 2.24) is 9.38 Å². The molecule has 4 rings (SSSR count). The SMILES string of the molecule is CCOC(=O)c1c(-c2ccc(OC)cc2)csc1NC(=O)COc1cccn2cc(C)nc12. The van der Waals surface area contributed by atoms with Crippen LogP contribution in [0.25, 0.3) is 16.8 Å². The van der Waals surface area contributed by atoms with Gasteiger partial charge < -0.3 is 23.9 Å². The zero-order chi connectivity index (χ0) is 23.4. The number of nitrogens with one attached hydrogen (secondary N) is 1. The Hall–Kier alpha value is -3.85. The van der Waals surface area contributed by atoms with Crippen LogP contribution in [0.4, 0.5) is 5.00 Å². The van der Waals surface area contributed by atoms with E-state index in [1.54, 1.807) is 20.1 Å². The number of benzene rings is 1. The molecule has 0 radical (unpaired) electrons. The van der Waals surface area contributed by atoms with E-state index < -0.39 is 11.9 Å². The summed E-state index contributed by atoms with van der Waals surface area (Å²) in [6.45, 7) is 3.61. The van der Waals surface area contributed by atoms with Gasteiger partial charge in [-0.25, -0.2) is 9.78 Å².